The second-order valence-corrected chi connectivity index (χ2v) is 7.10. The third-order valence-corrected chi connectivity index (χ3v) is 4.87. The van der Waals surface area contributed by atoms with Crippen LogP contribution < -0.4 is 10.2 Å². The molecule has 2 amide bonds. The number of nitrogens with zero attached hydrogens (tertiary/aromatic N) is 3. The van der Waals surface area contributed by atoms with Crippen LogP contribution in [0.25, 0.3) is 0 Å². The third-order valence-electron chi connectivity index (χ3n) is 4.87. The van der Waals surface area contributed by atoms with Crippen molar-refractivity contribution in [3.63, 3.8) is 0 Å². The number of pyridine rings is 1. The van der Waals surface area contributed by atoms with Crippen molar-refractivity contribution in [1.29, 1.82) is 0 Å². The molecule has 26 heavy (non-hydrogen) atoms. The molecular weight excluding hydrogens is 336 g/mol. The molecule has 0 aliphatic carbocycles. The van der Waals surface area contributed by atoms with E-state index >= 15 is 0 Å². The van der Waals surface area contributed by atoms with Crippen molar-refractivity contribution in [2.75, 3.05) is 36.4 Å². The number of anilines is 2. The number of morpholine rings is 1. The minimum Gasteiger partial charge on any atom is -0.481 e. The van der Waals surface area contributed by atoms with Crippen molar-refractivity contribution in [3.05, 3.63) is 18.3 Å². The maximum atomic E-state index is 12.3. The lowest BCUT2D eigenvalue weighted by atomic mass is 9.97. The summed E-state index contributed by atoms with van der Waals surface area (Å²) in [5.74, 6) is -0.262. The van der Waals surface area contributed by atoms with E-state index in [0.717, 1.165) is 18.9 Å². The summed E-state index contributed by atoms with van der Waals surface area (Å²) in [5, 5.41) is 11.9. The Labute approximate surface area is 153 Å². The summed E-state index contributed by atoms with van der Waals surface area (Å²) < 4.78 is 5.73. The van der Waals surface area contributed by atoms with Crippen molar-refractivity contribution < 1.29 is 19.4 Å². The predicted molar refractivity (Wildman–Crippen MR) is 97.4 cm³/mol. The first-order valence-corrected chi connectivity index (χ1v) is 9.07. The molecule has 2 aliphatic rings. The van der Waals surface area contributed by atoms with Gasteiger partial charge in [-0.3, -0.25) is 4.79 Å². The number of piperidine rings is 1. The number of aliphatic carboxylic acids is 1. The van der Waals surface area contributed by atoms with Crippen LogP contribution in [0.2, 0.25) is 0 Å². The molecule has 8 nitrogen and oxygen atoms in total. The molecule has 2 saturated heterocycles. The Bertz CT molecular complexity index is 633. The van der Waals surface area contributed by atoms with Crippen LogP contribution in [0.4, 0.5) is 16.3 Å². The van der Waals surface area contributed by atoms with Crippen molar-refractivity contribution in [2.45, 2.75) is 38.9 Å². The largest absolute Gasteiger partial charge is 0.481 e. The molecule has 0 radical (unpaired) electrons. The summed E-state index contributed by atoms with van der Waals surface area (Å²) in [6.07, 6.45) is 2.96. The lowest BCUT2D eigenvalue weighted by molar-refractivity contribution is -0.143. The number of rotatable bonds is 3. The van der Waals surface area contributed by atoms with E-state index < -0.39 is 5.97 Å². The van der Waals surface area contributed by atoms with E-state index in [1.54, 1.807) is 11.1 Å². The Morgan fingerprint density at radius 3 is 2.38 bits per heavy atom. The fourth-order valence-electron chi connectivity index (χ4n) is 3.54. The second kappa shape index (κ2) is 7.90. The minimum atomic E-state index is -0.781. The van der Waals surface area contributed by atoms with Crippen LogP contribution in [-0.4, -0.2) is 65.4 Å². The van der Waals surface area contributed by atoms with Gasteiger partial charge in [0.05, 0.1) is 30.0 Å². The van der Waals surface area contributed by atoms with Crippen LogP contribution >= 0.6 is 0 Å². The average Bonchev–Trinajstić information content (AvgIpc) is 2.61. The molecule has 0 aromatic carbocycles. The van der Waals surface area contributed by atoms with Crippen LogP contribution in [0.15, 0.2) is 18.3 Å². The van der Waals surface area contributed by atoms with Gasteiger partial charge in [0.15, 0.2) is 0 Å². The molecule has 8 heteroatoms. The molecule has 3 rings (SSSR count). The van der Waals surface area contributed by atoms with E-state index in [9.17, 15) is 9.59 Å². The maximum Gasteiger partial charge on any atom is 0.321 e. The van der Waals surface area contributed by atoms with Gasteiger partial charge in [-0.2, -0.15) is 0 Å². The van der Waals surface area contributed by atoms with Gasteiger partial charge in [-0.1, -0.05) is 0 Å². The number of carbonyl (C=O) groups is 2. The van der Waals surface area contributed by atoms with Gasteiger partial charge in [0, 0.05) is 26.2 Å². The van der Waals surface area contributed by atoms with Crippen LogP contribution in [0.5, 0.6) is 0 Å². The molecule has 142 valence electrons. The zero-order valence-electron chi connectivity index (χ0n) is 15.2. The molecule has 0 saturated carbocycles. The van der Waals surface area contributed by atoms with Crippen LogP contribution in [0.1, 0.15) is 26.7 Å². The van der Waals surface area contributed by atoms with Crippen molar-refractivity contribution in [1.82, 2.24) is 9.88 Å². The van der Waals surface area contributed by atoms with Gasteiger partial charge in [0.25, 0.3) is 0 Å². The number of aromatic nitrogens is 1. The SMILES string of the molecule is CC1CN(c2ccc(NC(=O)N3CCC(C(=O)O)CC3)cn2)CC(C)O1. The van der Waals surface area contributed by atoms with E-state index in [1.165, 1.54) is 0 Å². The zero-order valence-corrected chi connectivity index (χ0v) is 15.2. The summed E-state index contributed by atoms with van der Waals surface area (Å²) in [4.78, 5) is 31.6. The van der Waals surface area contributed by atoms with Crippen LogP contribution in [0, 0.1) is 5.92 Å². The summed E-state index contributed by atoms with van der Waals surface area (Å²) in [7, 11) is 0. The van der Waals surface area contributed by atoms with E-state index in [4.69, 9.17) is 9.84 Å². The highest BCUT2D eigenvalue weighted by atomic mass is 16.5. The number of urea groups is 1. The fourth-order valence-corrected chi connectivity index (χ4v) is 3.54. The highest BCUT2D eigenvalue weighted by Crippen LogP contribution is 2.21. The van der Waals surface area contributed by atoms with Crippen LogP contribution in [-0.2, 0) is 9.53 Å². The summed E-state index contributed by atoms with van der Waals surface area (Å²) in [5.41, 5.74) is 0.633. The third kappa shape index (κ3) is 4.43. The number of carboxylic acids is 1. The molecule has 2 N–H and O–H groups in total. The van der Waals surface area contributed by atoms with E-state index in [0.29, 0.717) is 31.6 Å². The highest BCUT2D eigenvalue weighted by molar-refractivity contribution is 5.89. The Morgan fingerprint density at radius 2 is 1.85 bits per heavy atom. The Hall–Kier alpha value is -2.35. The van der Waals surface area contributed by atoms with Crippen molar-refractivity contribution in [3.8, 4) is 0 Å². The number of ether oxygens (including phenoxy) is 1. The first kappa shape index (κ1) is 18.4. The fraction of sp³-hybridized carbons (Fsp3) is 0.611. The standard InChI is InChI=1S/C18H26N4O4/c1-12-10-22(11-13(2)26-12)16-4-3-15(9-19-16)20-18(25)21-7-5-14(6-8-21)17(23)24/h3-4,9,12-14H,5-8,10-11H2,1-2H3,(H,20,25)(H,23,24). The summed E-state index contributed by atoms with van der Waals surface area (Å²) in [6.45, 7) is 6.59. The maximum absolute atomic E-state index is 12.3. The van der Waals surface area contributed by atoms with Crippen molar-refractivity contribution in [2.24, 2.45) is 5.92 Å². The van der Waals surface area contributed by atoms with Gasteiger partial charge in [-0.05, 0) is 38.8 Å². The van der Waals surface area contributed by atoms with Gasteiger partial charge >= 0.3 is 12.0 Å². The first-order valence-electron chi connectivity index (χ1n) is 9.07. The van der Waals surface area contributed by atoms with Gasteiger partial charge < -0.3 is 25.0 Å². The topological polar surface area (TPSA) is 95.0 Å². The molecule has 2 atom stereocenters. The van der Waals surface area contributed by atoms with Gasteiger partial charge in [0.2, 0.25) is 0 Å². The van der Waals surface area contributed by atoms with Crippen molar-refractivity contribution >= 4 is 23.5 Å². The minimum absolute atomic E-state index is 0.161. The Balaban J connectivity index is 1.54. The number of amides is 2. The molecule has 1 aromatic heterocycles. The van der Waals surface area contributed by atoms with Gasteiger partial charge in [-0.15, -0.1) is 0 Å². The average molecular weight is 362 g/mol. The van der Waals surface area contributed by atoms with Gasteiger partial charge in [0.1, 0.15) is 5.82 Å². The molecule has 0 spiro atoms. The smallest absolute Gasteiger partial charge is 0.321 e. The molecule has 3 heterocycles. The van der Waals surface area contributed by atoms with E-state index in [1.807, 2.05) is 26.0 Å². The molecule has 0 bridgehead atoms. The zero-order chi connectivity index (χ0) is 18.7. The molecule has 2 fully saturated rings. The predicted octanol–water partition coefficient (Wildman–Crippen LogP) is 2.02. The highest BCUT2D eigenvalue weighted by Gasteiger charge is 2.27. The number of carboxylic acid groups (broad SMARTS) is 1. The number of hydrogen-bond acceptors (Lipinski definition) is 5. The lowest BCUT2D eigenvalue weighted by Crippen LogP contribution is -2.45. The number of hydrogen-bond donors (Lipinski definition) is 2. The monoisotopic (exact) mass is 362 g/mol. The Morgan fingerprint density at radius 1 is 1.19 bits per heavy atom. The molecule has 1 aromatic rings. The van der Waals surface area contributed by atoms with Crippen LogP contribution in [0.3, 0.4) is 0 Å². The number of carbonyl (C=O) groups excluding carboxylic acids is 1. The quantitative estimate of drug-likeness (QED) is 0.854. The molecular formula is C18H26N4O4. The van der Waals surface area contributed by atoms with E-state index in [-0.39, 0.29) is 24.2 Å². The van der Waals surface area contributed by atoms with E-state index in [2.05, 4.69) is 15.2 Å². The van der Waals surface area contributed by atoms with Gasteiger partial charge in [-0.25, -0.2) is 9.78 Å². The molecule has 2 aliphatic heterocycles. The number of nitrogens with one attached hydrogen (secondary N) is 1. The normalized spacial score (nSPS) is 24.4. The second-order valence-electron chi connectivity index (χ2n) is 7.10. The first-order chi connectivity index (χ1) is 12.4. The molecule has 2 unspecified atom stereocenters. The Kier molecular flexibility index (Phi) is 5.61. The summed E-state index contributed by atoms with van der Waals surface area (Å²) in [6, 6.07) is 3.53. The number of likely N-dealkylation sites (tertiary alicyclic amines) is 1. The lowest BCUT2D eigenvalue weighted by Gasteiger charge is -2.36. The summed E-state index contributed by atoms with van der Waals surface area (Å²) >= 11 is 0.